The number of carbonyl (C=O) groups excluding carboxylic acids is 1. The topological polar surface area (TPSA) is 61.8 Å². The lowest BCUT2D eigenvalue weighted by Crippen LogP contribution is -2.43. The maximum Gasteiger partial charge on any atom is 0.265 e. The first-order chi connectivity index (χ1) is 9.17. The minimum atomic E-state index is -0.0973. The van der Waals surface area contributed by atoms with Gasteiger partial charge in [-0.15, -0.1) is 0 Å². The van der Waals surface area contributed by atoms with E-state index in [1.54, 1.807) is 4.90 Å². The summed E-state index contributed by atoms with van der Waals surface area (Å²) in [5.41, 5.74) is 1.64. The average molecular weight is 262 g/mol. The van der Waals surface area contributed by atoms with E-state index in [1.807, 2.05) is 25.2 Å². The summed E-state index contributed by atoms with van der Waals surface area (Å²) >= 11 is 0. The van der Waals surface area contributed by atoms with Crippen molar-refractivity contribution in [1.82, 2.24) is 0 Å². The number of fused-ring (bicyclic) bond motifs is 1. The molecule has 3 rings (SSSR count). The summed E-state index contributed by atoms with van der Waals surface area (Å²) in [6.07, 6.45) is 1.96. The summed E-state index contributed by atoms with van der Waals surface area (Å²) in [5.74, 6) is 0.688. The molecular weight excluding hydrogens is 244 g/mol. The van der Waals surface area contributed by atoms with E-state index in [4.69, 9.17) is 4.74 Å². The highest BCUT2D eigenvalue weighted by Gasteiger charge is 2.45. The Bertz CT molecular complexity index is 511. The predicted molar refractivity (Wildman–Crippen MR) is 72.6 cm³/mol. The smallest absolute Gasteiger partial charge is 0.265 e. The van der Waals surface area contributed by atoms with Crippen LogP contribution in [0, 0.1) is 5.41 Å². The van der Waals surface area contributed by atoms with Gasteiger partial charge in [-0.25, -0.2) is 0 Å². The molecule has 0 saturated heterocycles. The van der Waals surface area contributed by atoms with Gasteiger partial charge in [-0.2, -0.15) is 0 Å². The number of ether oxygens (including phenoxy) is 1. The van der Waals surface area contributed by atoms with Crippen LogP contribution in [0.2, 0.25) is 0 Å². The number of hydrogen-bond acceptors (Lipinski definition) is 4. The lowest BCUT2D eigenvalue weighted by atomic mass is 10.1. The first-order valence-electron chi connectivity index (χ1n) is 6.53. The van der Waals surface area contributed by atoms with E-state index in [2.05, 4.69) is 5.32 Å². The highest BCUT2D eigenvalue weighted by molar-refractivity contribution is 5.98. The van der Waals surface area contributed by atoms with Gasteiger partial charge in [0.2, 0.25) is 0 Å². The van der Waals surface area contributed by atoms with Crippen molar-refractivity contribution in [3.8, 4) is 5.75 Å². The Labute approximate surface area is 112 Å². The van der Waals surface area contributed by atoms with Crippen LogP contribution in [0.1, 0.15) is 12.8 Å². The fraction of sp³-hybridized carbons (Fsp3) is 0.500. The van der Waals surface area contributed by atoms with Gasteiger partial charge in [-0.3, -0.25) is 4.79 Å². The minimum Gasteiger partial charge on any atom is -0.482 e. The molecule has 0 bridgehead atoms. The molecule has 0 atom stereocenters. The van der Waals surface area contributed by atoms with Crippen LogP contribution in [0.4, 0.5) is 11.4 Å². The van der Waals surface area contributed by atoms with E-state index in [1.165, 1.54) is 0 Å². The lowest BCUT2D eigenvalue weighted by molar-refractivity contribution is -0.121. The van der Waals surface area contributed by atoms with Crippen molar-refractivity contribution in [2.75, 3.05) is 37.0 Å². The van der Waals surface area contributed by atoms with Crippen LogP contribution in [0.3, 0.4) is 0 Å². The number of benzene rings is 1. The summed E-state index contributed by atoms with van der Waals surface area (Å²) in [7, 11) is 1.84. The second kappa shape index (κ2) is 4.42. The average Bonchev–Trinajstić information content (AvgIpc) is 3.22. The van der Waals surface area contributed by atoms with E-state index in [9.17, 15) is 9.90 Å². The van der Waals surface area contributed by atoms with Gasteiger partial charge in [0.15, 0.2) is 6.61 Å². The first-order valence-corrected chi connectivity index (χ1v) is 6.53. The largest absolute Gasteiger partial charge is 0.482 e. The molecule has 1 aromatic rings. The van der Waals surface area contributed by atoms with Crippen molar-refractivity contribution >= 4 is 17.3 Å². The molecule has 0 unspecified atom stereocenters. The highest BCUT2D eigenvalue weighted by atomic mass is 16.5. The Balaban J connectivity index is 1.93. The molecule has 0 spiro atoms. The minimum absolute atomic E-state index is 0.0412. The summed E-state index contributed by atoms with van der Waals surface area (Å²) in [6.45, 7) is 0.790. The molecule has 1 aliphatic carbocycles. The third-order valence-electron chi connectivity index (χ3n) is 3.98. The molecule has 1 amide bonds. The molecule has 1 aliphatic heterocycles. The van der Waals surface area contributed by atoms with E-state index in [0.29, 0.717) is 6.54 Å². The number of anilines is 2. The zero-order valence-electron chi connectivity index (χ0n) is 11.0. The van der Waals surface area contributed by atoms with Gasteiger partial charge in [0.25, 0.3) is 5.91 Å². The van der Waals surface area contributed by atoms with Crippen LogP contribution in [0.25, 0.3) is 0 Å². The molecule has 1 heterocycles. The van der Waals surface area contributed by atoms with Crippen LogP contribution >= 0.6 is 0 Å². The molecule has 102 valence electrons. The molecule has 1 fully saturated rings. The van der Waals surface area contributed by atoms with E-state index >= 15 is 0 Å². The molecule has 2 N–H and O–H groups in total. The number of hydrogen-bond donors (Lipinski definition) is 2. The number of aliphatic hydroxyl groups excluding tert-OH is 1. The predicted octanol–water partition coefficient (Wildman–Crippen LogP) is 1.23. The Kier molecular flexibility index (Phi) is 2.86. The number of nitrogens with zero attached hydrogens (tertiary/aromatic N) is 1. The molecule has 5 nitrogen and oxygen atoms in total. The fourth-order valence-corrected chi connectivity index (χ4v) is 2.41. The van der Waals surface area contributed by atoms with Gasteiger partial charge in [0.05, 0.1) is 12.3 Å². The summed E-state index contributed by atoms with van der Waals surface area (Å²) in [5, 5.41) is 12.5. The Morgan fingerprint density at radius 1 is 1.47 bits per heavy atom. The van der Waals surface area contributed by atoms with E-state index < -0.39 is 0 Å². The van der Waals surface area contributed by atoms with Crippen LogP contribution < -0.4 is 15.0 Å². The van der Waals surface area contributed by atoms with Crippen molar-refractivity contribution < 1.29 is 14.6 Å². The monoisotopic (exact) mass is 262 g/mol. The Morgan fingerprint density at radius 2 is 2.26 bits per heavy atom. The molecule has 0 aromatic heterocycles. The van der Waals surface area contributed by atoms with Crippen molar-refractivity contribution in [3.05, 3.63) is 18.2 Å². The molecule has 5 heteroatoms. The first kappa shape index (κ1) is 12.3. The van der Waals surface area contributed by atoms with E-state index in [-0.39, 0.29) is 24.5 Å². The van der Waals surface area contributed by atoms with Crippen LogP contribution in [-0.2, 0) is 4.79 Å². The fourth-order valence-electron chi connectivity index (χ4n) is 2.41. The standard InChI is InChI=1S/C14H18N2O3/c1-15-10-2-3-12-11(6-10)16(13(18)7-19-12)8-14(9-17)4-5-14/h2-3,6,15,17H,4-5,7-9H2,1H3. The van der Waals surface area contributed by atoms with Gasteiger partial charge in [-0.05, 0) is 31.0 Å². The van der Waals surface area contributed by atoms with E-state index in [0.717, 1.165) is 30.0 Å². The number of amides is 1. The quantitative estimate of drug-likeness (QED) is 0.856. The maximum atomic E-state index is 12.1. The molecule has 2 aliphatic rings. The Hall–Kier alpha value is -1.75. The normalized spacial score (nSPS) is 19.7. The summed E-state index contributed by atoms with van der Waals surface area (Å²) in [4.78, 5) is 13.8. The third kappa shape index (κ3) is 2.14. The zero-order chi connectivity index (χ0) is 13.5. The van der Waals surface area contributed by atoms with Gasteiger partial charge in [0.1, 0.15) is 5.75 Å². The zero-order valence-corrected chi connectivity index (χ0v) is 11.0. The van der Waals surface area contributed by atoms with Gasteiger partial charge >= 0.3 is 0 Å². The molecule has 1 saturated carbocycles. The second-order valence-electron chi connectivity index (χ2n) is 5.36. The van der Waals surface area contributed by atoms with Crippen molar-refractivity contribution in [1.29, 1.82) is 0 Å². The van der Waals surface area contributed by atoms with Crippen molar-refractivity contribution in [2.24, 2.45) is 5.41 Å². The number of carbonyl (C=O) groups is 1. The summed E-state index contributed by atoms with van der Waals surface area (Å²) < 4.78 is 5.45. The summed E-state index contributed by atoms with van der Waals surface area (Å²) in [6, 6.07) is 5.71. The molecular formula is C14H18N2O3. The lowest BCUT2D eigenvalue weighted by Gasteiger charge is -2.32. The van der Waals surface area contributed by atoms with Gasteiger partial charge in [-0.1, -0.05) is 0 Å². The Morgan fingerprint density at radius 3 is 2.89 bits per heavy atom. The van der Waals surface area contributed by atoms with Gasteiger partial charge in [0, 0.05) is 24.7 Å². The number of nitrogens with one attached hydrogen (secondary N) is 1. The van der Waals surface area contributed by atoms with Crippen molar-refractivity contribution in [2.45, 2.75) is 12.8 Å². The van der Waals surface area contributed by atoms with Crippen LogP contribution in [0.5, 0.6) is 5.75 Å². The van der Waals surface area contributed by atoms with Crippen molar-refractivity contribution in [3.63, 3.8) is 0 Å². The molecule has 1 aromatic carbocycles. The number of rotatable bonds is 4. The molecule has 0 radical (unpaired) electrons. The van der Waals surface area contributed by atoms with Gasteiger partial charge < -0.3 is 20.1 Å². The maximum absolute atomic E-state index is 12.1. The highest BCUT2D eigenvalue weighted by Crippen LogP contribution is 2.47. The SMILES string of the molecule is CNc1ccc2c(c1)N(CC1(CO)CC1)C(=O)CO2. The van der Waals surface area contributed by atoms with Crippen LogP contribution in [-0.4, -0.2) is 37.8 Å². The third-order valence-corrected chi connectivity index (χ3v) is 3.98. The number of aliphatic hydroxyl groups is 1. The van der Waals surface area contributed by atoms with Crippen LogP contribution in [0.15, 0.2) is 18.2 Å². The second-order valence-corrected chi connectivity index (χ2v) is 5.36. The molecule has 19 heavy (non-hydrogen) atoms.